The van der Waals surface area contributed by atoms with Gasteiger partial charge >= 0.3 is 0 Å². The Hall–Kier alpha value is -2.38. The molecule has 0 saturated carbocycles. The second kappa shape index (κ2) is 6.98. The van der Waals surface area contributed by atoms with E-state index in [9.17, 15) is 18.0 Å². The van der Waals surface area contributed by atoms with Crippen molar-refractivity contribution in [3.63, 3.8) is 0 Å². The summed E-state index contributed by atoms with van der Waals surface area (Å²) >= 11 is 6.22. The second-order valence-corrected chi connectivity index (χ2v) is 8.92. The molecule has 0 aromatic heterocycles. The molecule has 0 spiro atoms. The highest BCUT2D eigenvalue weighted by molar-refractivity contribution is 7.94. The predicted molar refractivity (Wildman–Crippen MR) is 106 cm³/mol. The van der Waals surface area contributed by atoms with Crippen molar-refractivity contribution in [1.29, 1.82) is 0 Å². The van der Waals surface area contributed by atoms with Crippen LogP contribution in [0.15, 0.2) is 36.4 Å². The van der Waals surface area contributed by atoms with E-state index in [1.807, 2.05) is 26.0 Å². The van der Waals surface area contributed by atoms with E-state index in [-0.39, 0.29) is 22.0 Å². The van der Waals surface area contributed by atoms with Crippen molar-refractivity contribution in [3.8, 4) is 0 Å². The molecule has 2 aromatic rings. The fraction of sp³-hybridized carbons (Fsp3) is 0.263. The molecular formula is C19H19ClN2O4S. The van der Waals surface area contributed by atoms with Crippen LogP contribution < -0.4 is 9.62 Å². The molecule has 6 nitrogen and oxygen atoms in total. The predicted octanol–water partition coefficient (Wildman–Crippen LogP) is 3.52. The minimum absolute atomic E-state index is 0.0675. The third-order valence-corrected chi connectivity index (χ3v) is 6.83. The average molecular weight is 407 g/mol. The number of aryl methyl sites for hydroxylation is 1. The van der Waals surface area contributed by atoms with Gasteiger partial charge in [0.25, 0.3) is 5.91 Å². The number of anilines is 2. The van der Waals surface area contributed by atoms with E-state index in [1.165, 1.54) is 18.2 Å². The average Bonchev–Trinajstić information content (AvgIpc) is 2.79. The molecule has 1 atom stereocenters. The van der Waals surface area contributed by atoms with Crippen molar-refractivity contribution in [2.45, 2.75) is 20.8 Å². The topological polar surface area (TPSA) is 83.6 Å². The summed E-state index contributed by atoms with van der Waals surface area (Å²) in [6.07, 6.45) is 0. The number of hydrogen-bond acceptors (Lipinski definition) is 4. The maximum Gasteiger partial charge on any atom is 0.257 e. The summed E-state index contributed by atoms with van der Waals surface area (Å²) in [6, 6.07) is 9.74. The smallest absolute Gasteiger partial charge is 0.257 e. The Morgan fingerprint density at radius 3 is 2.52 bits per heavy atom. The van der Waals surface area contributed by atoms with Crippen molar-refractivity contribution >= 4 is 44.8 Å². The molecule has 0 bridgehead atoms. The molecule has 1 N–H and O–H groups in total. The maximum atomic E-state index is 12.6. The molecule has 2 aromatic carbocycles. The monoisotopic (exact) mass is 406 g/mol. The molecule has 0 unspecified atom stereocenters. The Morgan fingerprint density at radius 1 is 1.22 bits per heavy atom. The van der Waals surface area contributed by atoms with E-state index in [4.69, 9.17) is 11.6 Å². The molecule has 142 valence electrons. The Morgan fingerprint density at radius 2 is 1.93 bits per heavy atom. The normalized spacial score (nSPS) is 18.6. The Labute approximate surface area is 163 Å². The Kier molecular flexibility index (Phi) is 5.01. The molecule has 3 rings (SSSR count). The zero-order valence-corrected chi connectivity index (χ0v) is 16.7. The van der Waals surface area contributed by atoms with Crippen molar-refractivity contribution in [1.82, 2.24) is 0 Å². The van der Waals surface area contributed by atoms with Crippen molar-refractivity contribution in [3.05, 3.63) is 58.1 Å². The highest BCUT2D eigenvalue weighted by Gasteiger charge is 2.42. The van der Waals surface area contributed by atoms with Gasteiger partial charge in [0.05, 0.1) is 27.9 Å². The third-order valence-electron chi connectivity index (χ3n) is 4.65. The fourth-order valence-electron chi connectivity index (χ4n) is 2.98. The van der Waals surface area contributed by atoms with Crippen LogP contribution in [-0.2, 0) is 14.8 Å². The molecule has 8 heteroatoms. The molecule has 0 radical (unpaired) electrons. The fourth-order valence-corrected chi connectivity index (χ4v) is 5.05. The minimum atomic E-state index is -3.72. The summed E-state index contributed by atoms with van der Waals surface area (Å²) in [5.41, 5.74) is 2.99. The number of sulfonamides is 1. The molecule has 1 saturated heterocycles. The zero-order chi connectivity index (χ0) is 19.9. The van der Waals surface area contributed by atoms with Gasteiger partial charge in [-0.2, -0.15) is 0 Å². The number of nitrogens with zero attached hydrogens (tertiary/aromatic N) is 1. The number of hydrogen-bond donors (Lipinski definition) is 1. The SMILES string of the molecule is Cc1cccc(NC(=O)c2ccc(N3C(=O)[C@@H](C)CS3(=O)=O)cc2Cl)c1C. The number of amides is 2. The first-order valence-electron chi connectivity index (χ1n) is 8.36. The van der Waals surface area contributed by atoms with Gasteiger partial charge in [-0.05, 0) is 49.2 Å². The number of carbonyl (C=O) groups excluding carboxylic acids is 2. The number of halogens is 1. The molecule has 1 aliphatic rings. The number of nitrogens with one attached hydrogen (secondary N) is 1. The van der Waals surface area contributed by atoms with Gasteiger partial charge in [0, 0.05) is 5.69 Å². The van der Waals surface area contributed by atoms with Crippen LogP contribution in [0.4, 0.5) is 11.4 Å². The molecule has 0 aliphatic carbocycles. The molecular weight excluding hydrogens is 388 g/mol. The van der Waals surface area contributed by atoms with Crippen molar-refractivity contribution < 1.29 is 18.0 Å². The zero-order valence-electron chi connectivity index (χ0n) is 15.1. The summed E-state index contributed by atoms with van der Waals surface area (Å²) in [5.74, 6) is -1.76. The summed E-state index contributed by atoms with van der Waals surface area (Å²) in [7, 11) is -3.72. The van der Waals surface area contributed by atoms with Gasteiger partial charge in [-0.1, -0.05) is 30.7 Å². The first-order valence-corrected chi connectivity index (χ1v) is 10.3. The quantitative estimate of drug-likeness (QED) is 0.845. The molecule has 27 heavy (non-hydrogen) atoms. The lowest BCUT2D eigenvalue weighted by atomic mass is 10.1. The standard InChI is InChI=1S/C19H19ClN2O4S/c1-11-5-4-6-17(13(11)3)21-18(23)15-8-7-14(9-16(15)20)22-19(24)12(2)10-27(22,25)26/h4-9,12H,10H2,1-3H3,(H,21,23)/t12-/m0/s1. The third kappa shape index (κ3) is 3.57. The van der Waals surface area contributed by atoms with E-state index < -0.39 is 27.8 Å². The van der Waals surface area contributed by atoms with E-state index in [0.717, 1.165) is 15.4 Å². The summed E-state index contributed by atoms with van der Waals surface area (Å²) in [6.45, 7) is 5.41. The Balaban J connectivity index is 1.90. The highest BCUT2D eigenvalue weighted by Crippen LogP contribution is 2.31. The summed E-state index contributed by atoms with van der Waals surface area (Å²) < 4.78 is 25.2. The molecule has 1 fully saturated rings. The molecule has 1 heterocycles. The van der Waals surface area contributed by atoms with Gasteiger partial charge < -0.3 is 5.32 Å². The Bertz CT molecular complexity index is 1050. The van der Waals surface area contributed by atoms with E-state index in [2.05, 4.69) is 5.32 Å². The van der Waals surface area contributed by atoms with Crippen LogP contribution in [0, 0.1) is 19.8 Å². The summed E-state index contributed by atoms with van der Waals surface area (Å²) in [4.78, 5) is 24.8. The largest absolute Gasteiger partial charge is 0.322 e. The van der Waals surface area contributed by atoms with Crippen molar-refractivity contribution in [2.75, 3.05) is 15.4 Å². The minimum Gasteiger partial charge on any atom is -0.322 e. The lowest BCUT2D eigenvalue weighted by Gasteiger charge is -2.17. The number of carbonyl (C=O) groups is 2. The van der Waals surface area contributed by atoms with Crippen LogP contribution in [0.5, 0.6) is 0 Å². The number of benzene rings is 2. The van der Waals surface area contributed by atoms with Gasteiger partial charge in [0.15, 0.2) is 0 Å². The number of rotatable bonds is 3. The van der Waals surface area contributed by atoms with Crippen LogP contribution in [0.25, 0.3) is 0 Å². The van der Waals surface area contributed by atoms with Gasteiger partial charge in [-0.25, -0.2) is 12.7 Å². The first-order chi connectivity index (χ1) is 12.6. The van der Waals surface area contributed by atoms with E-state index in [0.29, 0.717) is 5.69 Å². The molecule has 1 aliphatic heterocycles. The van der Waals surface area contributed by atoms with Gasteiger partial charge in [0.1, 0.15) is 0 Å². The lowest BCUT2D eigenvalue weighted by Crippen LogP contribution is -2.30. The van der Waals surface area contributed by atoms with Crippen LogP contribution in [0.2, 0.25) is 5.02 Å². The highest BCUT2D eigenvalue weighted by atomic mass is 35.5. The van der Waals surface area contributed by atoms with Gasteiger partial charge in [-0.3, -0.25) is 9.59 Å². The van der Waals surface area contributed by atoms with Crippen LogP contribution >= 0.6 is 11.6 Å². The summed E-state index contributed by atoms with van der Waals surface area (Å²) in [5, 5.41) is 2.87. The second-order valence-electron chi connectivity index (χ2n) is 6.65. The van der Waals surface area contributed by atoms with Crippen molar-refractivity contribution in [2.24, 2.45) is 5.92 Å². The maximum absolute atomic E-state index is 12.6. The molecule has 2 amide bonds. The van der Waals surface area contributed by atoms with E-state index in [1.54, 1.807) is 13.0 Å². The lowest BCUT2D eigenvalue weighted by molar-refractivity contribution is -0.119. The first kappa shape index (κ1) is 19.4. The van der Waals surface area contributed by atoms with Crippen LogP contribution in [-0.4, -0.2) is 26.0 Å². The van der Waals surface area contributed by atoms with E-state index >= 15 is 0 Å². The van der Waals surface area contributed by atoms with Gasteiger partial charge in [0.2, 0.25) is 15.9 Å². The van der Waals surface area contributed by atoms with Crippen LogP contribution in [0.3, 0.4) is 0 Å². The van der Waals surface area contributed by atoms with Crippen LogP contribution in [0.1, 0.15) is 28.4 Å². The van der Waals surface area contributed by atoms with Gasteiger partial charge in [-0.15, -0.1) is 0 Å².